The SMILES string of the molecule is C=C(N=C1C(=C(C)C)NC(=NCc2ccc(SC)cn2)C(=O)N1[C@@H](C)C(F)(F)F)c1c(C)ncnc1C1CC1. The number of aryl methyl sites for hydroxylation is 1. The van der Waals surface area contributed by atoms with Crippen LogP contribution in [-0.4, -0.2) is 55.9 Å². The number of pyridine rings is 1. The lowest BCUT2D eigenvalue weighted by atomic mass is 10.1. The highest BCUT2D eigenvalue weighted by Crippen LogP contribution is 2.42. The smallest absolute Gasteiger partial charge is 0.333 e. The highest BCUT2D eigenvalue weighted by atomic mass is 32.2. The second-order valence-corrected chi connectivity index (χ2v) is 10.5. The molecule has 0 spiro atoms. The number of hydrogen-bond acceptors (Lipinski definition) is 7. The lowest BCUT2D eigenvalue weighted by molar-refractivity contribution is -0.173. The van der Waals surface area contributed by atoms with Crippen LogP contribution in [0.15, 0.2) is 57.4 Å². The Bertz CT molecular complexity index is 1370. The van der Waals surface area contributed by atoms with E-state index < -0.39 is 18.1 Å². The van der Waals surface area contributed by atoms with Gasteiger partial charge in [0.05, 0.1) is 35.0 Å². The van der Waals surface area contributed by atoms with E-state index in [-0.39, 0.29) is 35.5 Å². The predicted molar refractivity (Wildman–Crippen MR) is 146 cm³/mol. The number of thioether (sulfide) groups is 1. The number of allylic oxidation sites excluding steroid dienone is 1. The third-order valence-electron chi connectivity index (χ3n) is 6.47. The van der Waals surface area contributed by atoms with Crippen molar-refractivity contribution in [2.24, 2.45) is 9.98 Å². The first-order chi connectivity index (χ1) is 18.4. The van der Waals surface area contributed by atoms with Gasteiger partial charge in [0, 0.05) is 22.6 Å². The highest BCUT2D eigenvalue weighted by molar-refractivity contribution is 7.98. The maximum absolute atomic E-state index is 14.1. The first-order valence-electron chi connectivity index (χ1n) is 12.4. The van der Waals surface area contributed by atoms with Crippen LogP contribution >= 0.6 is 11.8 Å². The lowest BCUT2D eigenvalue weighted by Crippen LogP contribution is -2.60. The first kappa shape index (κ1) is 28.5. The number of carbonyl (C=O) groups is 1. The fraction of sp³-hybridized carbons (Fsp3) is 0.407. The summed E-state index contributed by atoms with van der Waals surface area (Å²) in [5.41, 5.74) is 3.61. The van der Waals surface area contributed by atoms with Gasteiger partial charge in [0.2, 0.25) is 0 Å². The molecule has 1 aliphatic heterocycles. The van der Waals surface area contributed by atoms with Crippen molar-refractivity contribution in [3.05, 3.63) is 65.2 Å². The molecule has 0 radical (unpaired) electrons. The Kier molecular flexibility index (Phi) is 8.24. The number of amides is 1. The standard InChI is InChI=1S/C27H30F3N7OS/c1-14(2)22-25(35-16(4)21-15(3)33-13-34-23(21)18-7-8-18)37(17(5)27(28,29)30)26(38)24(36-22)32-11-19-9-10-20(39-6)12-31-19/h9-10,12-13,17-18H,4,7-8,11H2,1-3,5-6H3,(H,32,36)/t17-/m0/s1. The maximum Gasteiger partial charge on any atom is 0.409 e. The van der Waals surface area contributed by atoms with Crippen molar-refractivity contribution in [3.63, 3.8) is 0 Å². The van der Waals surface area contributed by atoms with Gasteiger partial charge in [-0.2, -0.15) is 13.2 Å². The number of aromatic nitrogens is 3. The molecule has 1 saturated carbocycles. The van der Waals surface area contributed by atoms with Gasteiger partial charge >= 0.3 is 6.18 Å². The molecule has 2 aliphatic rings. The van der Waals surface area contributed by atoms with Gasteiger partial charge in [0.25, 0.3) is 5.91 Å². The van der Waals surface area contributed by atoms with Crippen molar-refractivity contribution in [2.45, 2.75) is 70.1 Å². The number of hydrogen-bond donors (Lipinski definition) is 1. The Morgan fingerprint density at radius 1 is 1.26 bits per heavy atom. The van der Waals surface area contributed by atoms with E-state index in [0.717, 1.165) is 30.4 Å². The number of halogens is 3. The molecule has 0 aromatic carbocycles. The Morgan fingerprint density at radius 3 is 2.54 bits per heavy atom. The minimum atomic E-state index is -4.72. The molecular formula is C27H30F3N7OS. The molecule has 1 atom stereocenters. The van der Waals surface area contributed by atoms with Gasteiger partial charge in [0.1, 0.15) is 12.4 Å². The van der Waals surface area contributed by atoms with E-state index in [4.69, 9.17) is 0 Å². The molecule has 4 rings (SSSR count). The van der Waals surface area contributed by atoms with Gasteiger partial charge in [0.15, 0.2) is 11.7 Å². The lowest BCUT2D eigenvalue weighted by Gasteiger charge is -2.37. The van der Waals surface area contributed by atoms with E-state index in [1.165, 1.54) is 18.1 Å². The normalized spacial score (nSPS) is 18.9. The molecule has 2 fully saturated rings. The van der Waals surface area contributed by atoms with Crippen molar-refractivity contribution >= 4 is 35.0 Å². The summed E-state index contributed by atoms with van der Waals surface area (Å²) >= 11 is 1.53. The number of carbonyl (C=O) groups excluding carboxylic acids is 1. The van der Waals surface area contributed by atoms with Crippen LogP contribution in [0.4, 0.5) is 13.2 Å². The summed E-state index contributed by atoms with van der Waals surface area (Å²) in [6, 6.07) is 1.46. The third kappa shape index (κ3) is 6.21. The molecule has 206 valence electrons. The van der Waals surface area contributed by atoms with Gasteiger partial charge in [-0.3, -0.25) is 19.7 Å². The molecule has 12 heteroatoms. The maximum atomic E-state index is 14.1. The van der Waals surface area contributed by atoms with Gasteiger partial charge in [-0.15, -0.1) is 11.8 Å². The zero-order valence-corrected chi connectivity index (χ0v) is 23.2. The molecule has 2 aromatic rings. The summed E-state index contributed by atoms with van der Waals surface area (Å²) in [7, 11) is 0. The largest absolute Gasteiger partial charge is 0.409 e. The van der Waals surface area contributed by atoms with Crippen molar-refractivity contribution < 1.29 is 18.0 Å². The number of alkyl halides is 3. The second kappa shape index (κ2) is 11.3. The van der Waals surface area contributed by atoms with Crippen LogP contribution in [0.3, 0.4) is 0 Å². The van der Waals surface area contributed by atoms with Crippen LogP contribution in [-0.2, 0) is 11.3 Å². The first-order valence-corrected chi connectivity index (χ1v) is 13.6. The Balaban J connectivity index is 1.78. The van der Waals surface area contributed by atoms with E-state index >= 15 is 0 Å². The van der Waals surface area contributed by atoms with Crippen LogP contribution in [0, 0.1) is 6.92 Å². The van der Waals surface area contributed by atoms with Crippen LogP contribution < -0.4 is 5.32 Å². The summed E-state index contributed by atoms with van der Waals surface area (Å²) in [4.78, 5) is 36.9. The molecular weight excluding hydrogens is 527 g/mol. The molecule has 39 heavy (non-hydrogen) atoms. The fourth-order valence-electron chi connectivity index (χ4n) is 4.11. The Morgan fingerprint density at radius 2 is 1.97 bits per heavy atom. The van der Waals surface area contributed by atoms with Gasteiger partial charge in [-0.1, -0.05) is 6.58 Å². The average Bonchev–Trinajstić information content (AvgIpc) is 3.73. The summed E-state index contributed by atoms with van der Waals surface area (Å²) in [5, 5.41) is 2.94. The summed E-state index contributed by atoms with van der Waals surface area (Å²) in [5.74, 6) is -1.11. The molecule has 1 N–H and O–H groups in total. The molecule has 1 aliphatic carbocycles. The molecule has 3 heterocycles. The predicted octanol–water partition coefficient (Wildman–Crippen LogP) is 5.42. The van der Waals surface area contributed by atoms with Gasteiger partial charge < -0.3 is 5.32 Å². The number of nitrogens with zero attached hydrogens (tertiary/aromatic N) is 6. The number of piperazine rings is 1. The summed E-state index contributed by atoms with van der Waals surface area (Å²) in [6.45, 7) is 10.2. The molecule has 0 bridgehead atoms. The minimum Gasteiger partial charge on any atom is -0.333 e. The highest BCUT2D eigenvalue weighted by Gasteiger charge is 2.48. The molecule has 1 saturated heterocycles. The molecule has 2 aromatic heterocycles. The zero-order valence-electron chi connectivity index (χ0n) is 22.4. The van der Waals surface area contributed by atoms with Crippen LogP contribution in [0.5, 0.6) is 0 Å². The Labute approximate surface area is 229 Å². The van der Waals surface area contributed by atoms with E-state index in [0.29, 0.717) is 27.4 Å². The van der Waals surface area contributed by atoms with Crippen molar-refractivity contribution in [3.8, 4) is 0 Å². The second-order valence-electron chi connectivity index (χ2n) is 9.62. The van der Waals surface area contributed by atoms with E-state index in [1.54, 1.807) is 33.0 Å². The van der Waals surface area contributed by atoms with Gasteiger partial charge in [-0.25, -0.2) is 15.0 Å². The Hall–Kier alpha value is -3.54. The van der Waals surface area contributed by atoms with Crippen molar-refractivity contribution in [2.75, 3.05) is 6.26 Å². The van der Waals surface area contributed by atoms with E-state index in [1.807, 2.05) is 12.3 Å². The summed E-state index contributed by atoms with van der Waals surface area (Å²) < 4.78 is 42.2. The zero-order chi connectivity index (χ0) is 28.5. The number of aliphatic imine (C=N–C) groups is 2. The van der Waals surface area contributed by atoms with E-state index in [2.05, 4.69) is 36.8 Å². The van der Waals surface area contributed by atoms with Gasteiger partial charge in [-0.05, 0) is 64.5 Å². The molecule has 1 amide bonds. The minimum absolute atomic E-state index is 0.0114. The molecule has 8 nitrogen and oxygen atoms in total. The quantitative estimate of drug-likeness (QED) is 0.457. The number of rotatable bonds is 7. The molecule has 0 unspecified atom stereocenters. The summed E-state index contributed by atoms with van der Waals surface area (Å²) in [6.07, 6.45) is 2.26. The number of nitrogens with one attached hydrogen (secondary N) is 1. The average molecular weight is 558 g/mol. The van der Waals surface area contributed by atoms with Crippen LogP contribution in [0.2, 0.25) is 0 Å². The van der Waals surface area contributed by atoms with Crippen molar-refractivity contribution in [1.82, 2.24) is 25.2 Å². The van der Waals surface area contributed by atoms with Crippen LogP contribution in [0.1, 0.15) is 62.2 Å². The van der Waals surface area contributed by atoms with Crippen molar-refractivity contribution in [1.29, 1.82) is 0 Å². The monoisotopic (exact) mass is 557 g/mol. The van der Waals surface area contributed by atoms with E-state index in [9.17, 15) is 18.0 Å². The van der Waals surface area contributed by atoms with Crippen LogP contribution in [0.25, 0.3) is 5.70 Å². The number of amidine groups is 2. The fourth-order valence-corrected chi connectivity index (χ4v) is 4.48. The topological polar surface area (TPSA) is 95.7 Å². The third-order valence-corrected chi connectivity index (χ3v) is 7.18.